The summed E-state index contributed by atoms with van der Waals surface area (Å²) in [5, 5.41) is 2.66. The molecule has 0 aliphatic heterocycles. The fraction of sp³-hybridized carbons (Fsp3) is 0.136. The largest absolute Gasteiger partial charge is 0.348 e. The van der Waals surface area contributed by atoms with E-state index in [1.807, 2.05) is 6.26 Å². The number of thioether (sulfide) groups is 1. The maximum Gasteiger partial charge on any atom is 0.264 e. The van der Waals surface area contributed by atoms with Crippen LogP contribution in [0.4, 0.5) is 10.1 Å². The van der Waals surface area contributed by atoms with E-state index >= 15 is 0 Å². The summed E-state index contributed by atoms with van der Waals surface area (Å²) in [6.07, 6.45) is 1.92. The van der Waals surface area contributed by atoms with Gasteiger partial charge < -0.3 is 5.32 Å². The Labute approximate surface area is 180 Å². The number of carbonyl (C=O) groups is 1. The minimum absolute atomic E-state index is 0.0631. The normalized spacial score (nSPS) is 11.2. The van der Waals surface area contributed by atoms with E-state index in [1.54, 1.807) is 54.6 Å². The molecule has 0 atom stereocenters. The number of anilines is 1. The van der Waals surface area contributed by atoms with Gasteiger partial charge in [-0.25, -0.2) is 12.8 Å². The van der Waals surface area contributed by atoms with Crippen molar-refractivity contribution >= 4 is 33.4 Å². The fourth-order valence-corrected chi connectivity index (χ4v) is 4.39. The number of hydrogen-bond donors (Lipinski definition) is 1. The van der Waals surface area contributed by atoms with E-state index in [0.29, 0.717) is 16.8 Å². The third kappa shape index (κ3) is 4.83. The predicted octanol–water partition coefficient (Wildman–Crippen LogP) is 4.30. The van der Waals surface area contributed by atoms with Crippen molar-refractivity contribution in [2.24, 2.45) is 0 Å². The lowest BCUT2D eigenvalue weighted by molar-refractivity contribution is 0.0950. The number of rotatable bonds is 7. The Kier molecular flexibility index (Phi) is 6.79. The first-order valence-electron chi connectivity index (χ1n) is 9.07. The van der Waals surface area contributed by atoms with E-state index in [-0.39, 0.29) is 23.2 Å². The molecule has 0 saturated heterocycles. The van der Waals surface area contributed by atoms with Crippen LogP contribution in [-0.4, -0.2) is 27.6 Å². The molecule has 1 N–H and O–H groups in total. The monoisotopic (exact) mass is 444 g/mol. The summed E-state index contributed by atoms with van der Waals surface area (Å²) in [4.78, 5) is 13.5. The first-order valence-corrected chi connectivity index (χ1v) is 11.7. The molecule has 8 heteroatoms. The Morgan fingerprint density at radius 3 is 2.23 bits per heavy atom. The van der Waals surface area contributed by atoms with Crippen LogP contribution in [0.5, 0.6) is 0 Å². The molecule has 0 saturated carbocycles. The smallest absolute Gasteiger partial charge is 0.264 e. The molecular weight excluding hydrogens is 423 g/mol. The minimum atomic E-state index is -3.72. The summed E-state index contributed by atoms with van der Waals surface area (Å²) in [5.41, 5.74) is 1.17. The zero-order valence-corrected chi connectivity index (χ0v) is 18.1. The van der Waals surface area contributed by atoms with E-state index in [0.717, 1.165) is 4.90 Å². The topological polar surface area (TPSA) is 66.5 Å². The molecule has 0 aliphatic carbocycles. The van der Waals surface area contributed by atoms with Gasteiger partial charge >= 0.3 is 0 Å². The fourth-order valence-electron chi connectivity index (χ4n) is 2.79. The van der Waals surface area contributed by atoms with Gasteiger partial charge in [0.1, 0.15) is 5.82 Å². The van der Waals surface area contributed by atoms with Gasteiger partial charge in [0.25, 0.3) is 15.9 Å². The highest BCUT2D eigenvalue weighted by Crippen LogP contribution is 2.24. The van der Waals surface area contributed by atoms with Crippen LogP contribution in [0.3, 0.4) is 0 Å². The molecule has 0 spiro atoms. The highest BCUT2D eigenvalue weighted by molar-refractivity contribution is 7.98. The lowest BCUT2D eigenvalue weighted by atomic mass is 10.1. The molecule has 0 aromatic heterocycles. The number of amides is 1. The summed E-state index contributed by atoms with van der Waals surface area (Å²) in [6, 6.07) is 19.1. The molecule has 3 aromatic carbocycles. The highest BCUT2D eigenvalue weighted by Gasteiger charge is 2.21. The molecule has 0 bridgehead atoms. The van der Waals surface area contributed by atoms with Gasteiger partial charge in [0.15, 0.2) is 0 Å². The van der Waals surface area contributed by atoms with E-state index in [9.17, 15) is 17.6 Å². The number of nitrogens with zero attached hydrogens (tertiary/aromatic N) is 1. The quantitative estimate of drug-likeness (QED) is 0.552. The van der Waals surface area contributed by atoms with Crippen molar-refractivity contribution in [2.45, 2.75) is 16.3 Å². The molecular formula is C22H21FN2O3S2. The molecule has 0 fully saturated rings. The predicted molar refractivity (Wildman–Crippen MR) is 118 cm³/mol. The van der Waals surface area contributed by atoms with Gasteiger partial charge in [-0.05, 0) is 60.9 Å². The summed E-state index contributed by atoms with van der Waals surface area (Å²) < 4.78 is 40.5. The Bertz CT molecular complexity index is 1130. The van der Waals surface area contributed by atoms with Gasteiger partial charge in [-0.3, -0.25) is 9.10 Å². The number of hydrogen-bond acceptors (Lipinski definition) is 4. The number of carbonyl (C=O) groups excluding carboxylic acids is 1. The maximum atomic E-state index is 13.7. The SMILES string of the molecule is CSc1ccc(S(=O)(=O)N(C)c2ccc(C(=O)NCc3ccccc3F)cc2)cc1. The van der Waals surface area contributed by atoms with Crippen molar-refractivity contribution < 1.29 is 17.6 Å². The standard InChI is InChI=1S/C22H21FN2O3S2/c1-25(30(27,28)20-13-11-19(29-2)12-14-20)18-9-7-16(8-10-18)22(26)24-15-17-5-3-4-6-21(17)23/h3-14H,15H2,1-2H3,(H,24,26). The van der Waals surface area contributed by atoms with Gasteiger partial charge in [0.05, 0.1) is 10.6 Å². The van der Waals surface area contributed by atoms with Crippen LogP contribution in [0.25, 0.3) is 0 Å². The molecule has 3 aromatic rings. The van der Waals surface area contributed by atoms with Crippen molar-refractivity contribution in [3.63, 3.8) is 0 Å². The second-order valence-electron chi connectivity index (χ2n) is 6.47. The number of nitrogens with one attached hydrogen (secondary N) is 1. The highest BCUT2D eigenvalue weighted by atomic mass is 32.2. The second-order valence-corrected chi connectivity index (χ2v) is 9.32. The molecule has 3 rings (SSSR count). The van der Waals surface area contributed by atoms with E-state index in [2.05, 4.69) is 5.32 Å². The van der Waals surface area contributed by atoms with E-state index in [1.165, 1.54) is 41.3 Å². The van der Waals surface area contributed by atoms with Crippen molar-refractivity contribution in [2.75, 3.05) is 17.6 Å². The van der Waals surface area contributed by atoms with Gasteiger partial charge in [0, 0.05) is 29.6 Å². The zero-order chi connectivity index (χ0) is 21.7. The lowest BCUT2D eigenvalue weighted by Crippen LogP contribution is -2.27. The first kappa shape index (κ1) is 21.9. The molecule has 5 nitrogen and oxygen atoms in total. The Hall–Kier alpha value is -2.84. The number of benzene rings is 3. The van der Waals surface area contributed by atoms with Crippen LogP contribution in [0.1, 0.15) is 15.9 Å². The van der Waals surface area contributed by atoms with Crippen LogP contribution < -0.4 is 9.62 Å². The minimum Gasteiger partial charge on any atom is -0.348 e. The molecule has 0 aliphatic rings. The Morgan fingerprint density at radius 1 is 1.00 bits per heavy atom. The van der Waals surface area contributed by atoms with Crippen LogP contribution in [0.2, 0.25) is 0 Å². The van der Waals surface area contributed by atoms with Crippen LogP contribution in [-0.2, 0) is 16.6 Å². The van der Waals surface area contributed by atoms with Crippen molar-refractivity contribution in [3.8, 4) is 0 Å². The van der Waals surface area contributed by atoms with Gasteiger partial charge in [-0.2, -0.15) is 0 Å². The van der Waals surface area contributed by atoms with Crippen molar-refractivity contribution in [3.05, 3.63) is 89.7 Å². The van der Waals surface area contributed by atoms with E-state index in [4.69, 9.17) is 0 Å². The second kappa shape index (κ2) is 9.32. The lowest BCUT2D eigenvalue weighted by Gasteiger charge is -2.20. The van der Waals surface area contributed by atoms with Crippen molar-refractivity contribution in [1.82, 2.24) is 5.32 Å². The molecule has 0 unspecified atom stereocenters. The summed E-state index contributed by atoms with van der Waals surface area (Å²) >= 11 is 1.53. The van der Waals surface area contributed by atoms with Crippen molar-refractivity contribution in [1.29, 1.82) is 0 Å². The van der Waals surface area contributed by atoms with Gasteiger partial charge in [-0.15, -0.1) is 11.8 Å². The zero-order valence-electron chi connectivity index (χ0n) is 16.5. The molecule has 0 heterocycles. The summed E-state index contributed by atoms with van der Waals surface area (Å²) in [7, 11) is -2.26. The average Bonchev–Trinajstić information content (AvgIpc) is 2.78. The summed E-state index contributed by atoms with van der Waals surface area (Å²) in [6.45, 7) is 0.0631. The number of sulfonamides is 1. The molecule has 156 valence electrons. The van der Waals surface area contributed by atoms with Gasteiger partial charge in [0.2, 0.25) is 0 Å². The van der Waals surface area contributed by atoms with Crippen LogP contribution >= 0.6 is 11.8 Å². The Balaban J connectivity index is 1.70. The van der Waals surface area contributed by atoms with Crippen LogP contribution in [0, 0.1) is 5.82 Å². The van der Waals surface area contributed by atoms with Crippen LogP contribution in [0.15, 0.2) is 82.6 Å². The third-order valence-electron chi connectivity index (χ3n) is 4.61. The summed E-state index contributed by atoms with van der Waals surface area (Å²) in [5.74, 6) is -0.756. The molecule has 1 amide bonds. The Morgan fingerprint density at radius 2 is 1.63 bits per heavy atom. The molecule has 0 radical (unpaired) electrons. The maximum absolute atomic E-state index is 13.7. The van der Waals surface area contributed by atoms with Gasteiger partial charge in [-0.1, -0.05) is 18.2 Å². The number of halogens is 1. The molecule has 30 heavy (non-hydrogen) atoms. The average molecular weight is 445 g/mol. The van der Waals surface area contributed by atoms with E-state index < -0.39 is 10.0 Å². The first-order chi connectivity index (χ1) is 14.3. The third-order valence-corrected chi connectivity index (χ3v) is 7.15.